The first-order valence-corrected chi connectivity index (χ1v) is 9.67. The largest absolute Gasteiger partial charge is 0.454 e. The van der Waals surface area contributed by atoms with Crippen LogP contribution in [0, 0.1) is 5.92 Å². The van der Waals surface area contributed by atoms with Gasteiger partial charge in [0, 0.05) is 17.7 Å². The van der Waals surface area contributed by atoms with Crippen LogP contribution in [0.25, 0.3) is 0 Å². The summed E-state index contributed by atoms with van der Waals surface area (Å²) in [7, 11) is 1.67. The molecular weight excluding hydrogens is 442 g/mol. The Bertz CT molecular complexity index is 922. The van der Waals surface area contributed by atoms with Crippen molar-refractivity contribution in [3.8, 4) is 0 Å². The molecule has 1 aromatic heterocycles. The van der Waals surface area contributed by atoms with E-state index >= 15 is 0 Å². The van der Waals surface area contributed by atoms with Crippen molar-refractivity contribution in [2.24, 2.45) is 13.0 Å². The van der Waals surface area contributed by atoms with Gasteiger partial charge in [-0.25, -0.2) is 4.79 Å². The summed E-state index contributed by atoms with van der Waals surface area (Å²) in [4.78, 5) is 48.8. The minimum atomic E-state index is -0.953. The molecule has 1 unspecified atom stereocenters. The van der Waals surface area contributed by atoms with Crippen LogP contribution < -0.4 is 10.6 Å². The number of benzene rings is 1. The molecule has 0 spiro atoms. The molecule has 3 amide bonds. The summed E-state index contributed by atoms with van der Waals surface area (Å²) in [5.74, 6) is -2.84. The Morgan fingerprint density at radius 2 is 1.76 bits per heavy atom. The fraction of sp³-hybridized carbons (Fsp3) is 0.300. The van der Waals surface area contributed by atoms with Gasteiger partial charge < -0.3 is 14.6 Å². The Hall–Kier alpha value is -2.94. The molecule has 0 saturated heterocycles. The minimum absolute atomic E-state index is 0.276. The number of esters is 1. The predicted molar refractivity (Wildman–Crippen MR) is 109 cm³/mol. The topological polar surface area (TPSA) is 106 Å². The Kier molecular flexibility index (Phi) is 7.72. The predicted octanol–water partition coefficient (Wildman–Crippen LogP) is 2.04. The zero-order valence-corrected chi connectivity index (χ0v) is 17.9. The van der Waals surface area contributed by atoms with Gasteiger partial charge >= 0.3 is 5.97 Å². The lowest BCUT2D eigenvalue weighted by molar-refractivity contribution is -0.151. The molecule has 0 aliphatic carbocycles. The lowest BCUT2D eigenvalue weighted by Crippen LogP contribution is -2.46. The maximum atomic E-state index is 12.5. The highest BCUT2D eigenvalue weighted by Crippen LogP contribution is 2.16. The van der Waals surface area contributed by atoms with E-state index in [1.165, 1.54) is 0 Å². The van der Waals surface area contributed by atoms with Crippen molar-refractivity contribution in [3.05, 3.63) is 58.3 Å². The number of carbonyl (C=O) groups is 4. The number of carbonyl (C=O) groups excluding carboxylic acids is 4. The van der Waals surface area contributed by atoms with E-state index in [0.29, 0.717) is 15.7 Å². The van der Waals surface area contributed by atoms with E-state index in [1.54, 1.807) is 68.1 Å². The molecule has 1 heterocycles. The fourth-order valence-corrected chi connectivity index (χ4v) is 2.98. The molecule has 29 heavy (non-hydrogen) atoms. The number of nitrogens with zero attached hydrogens (tertiary/aromatic N) is 1. The lowest BCUT2D eigenvalue weighted by atomic mass is 10.0. The van der Waals surface area contributed by atoms with Crippen molar-refractivity contribution in [1.29, 1.82) is 0 Å². The van der Waals surface area contributed by atoms with E-state index in [9.17, 15) is 19.2 Å². The normalized spacial score (nSPS) is 11.6. The molecule has 0 aliphatic heterocycles. The van der Waals surface area contributed by atoms with Gasteiger partial charge in [-0.15, -0.1) is 0 Å². The third-order valence-electron chi connectivity index (χ3n) is 4.10. The van der Waals surface area contributed by atoms with E-state index in [-0.39, 0.29) is 5.92 Å². The summed E-state index contributed by atoms with van der Waals surface area (Å²) in [6.45, 7) is 2.85. The standard InChI is InChI=1S/C20H22BrN3O5/c1-12(2)17(23-18(26)13-7-4-5-8-14(13)21)20(28)29-11-16(25)22-19(27)15-9-6-10-24(15)3/h4-10,12,17H,11H2,1-3H3,(H,23,26)(H,22,25,27). The van der Waals surface area contributed by atoms with Crippen LogP contribution in [0.2, 0.25) is 0 Å². The molecule has 2 aromatic rings. The summed E-state index contributed by atoms with van der Waals surface area (Å²) in [6, 6.07) is 9.07. The molecule has 2 N–H and O–H groups in total. The van der Waals surface area contributed by atoms with E-state index in [1.807, 2.05) is 0 Å². The number of aryl methyl sites for hydroxylation is 1. The molecule has 0 saturated carbocycles. The van der Waals surface area contributed by atoms with Crippen LogP contribution in [-0.4, -0.2) is 40.9 Å². The van der Waals surface area contributed by atoms with Gasteiger partial charge in [0.15, 0.2) is 6.61 Å². The number of rotatable bonds is 7. The van der Waals surface area contributed by atoms with Gasteiger partial charge in [-0.3, -0.25) is 19.7 Å². The Balaban J connectivity index is 1.93. The van der Waals surface area contributed by atoms with Gasteiger partial charge in [-0.05, 0) is 46.1 Å². The molecule has 0 aliphatic rings. The van der Waals surface area contributed by atoms with E-state index in [2.05, 4.69) is 26.6 Å². The van der Waals surface area contributed by atoms with Gasteiger partial charge in [0.1, 0.15) is 11.7 Å². The van der Waals surface area contributed by atoms with Crippen LogP contribution in [0.1, 0.15) is 34.7 Å². The highest BCUT2D eigenvalue weighted by molar-refractivity contribution is 9.10. The van der Waals surface area contributed by atoms with E-state index in [4.69, 9.17) is 4.74 Å². The first kappa shape index (κ1) is 22.4. The fourth-order valence-electron chi connectivity index (χ4n) is 2.51. The van der Waals surface area contributed by atoms with Crippen molar-refractivity contribution in [2.75, 3.05) is 6.61 Å². The lowest BCUT2D eigenvalue weighted by Gasteiger charge is -2.21. The number of hydrogen-bond donors (Lipinski definition) is 2. The molecule has 9 heteroatoms. The van der Waals surface area contributed by atoms with Gasteiger partial charge in [-0.2, -0.15) is 0 Å². The Labute approximate surface area is 176 Å². The molecule has 0 radical (unpaired) electrons. The highest BCUT2D eigenvalue weighted by atomic mass is 79.9. The quantitative estimate of drug-likeness (QED) is 0.611. The average molecular weight is 464 g/mol. The summed E-state index contributed by atoms with van der Waals surface area (Å²) in [6.07, 6.45) is 1.67. The third-order valence-corrected chi connectivity index (χ3v) is 4.79. The van der Waals surface area contributed by atoms with E-state index in [0.717, 1.165) is 0 Å². The first-order chi connectivity index (χ1) is 13.7. The smallest absolute Gasteiger partial charge is 0.329 e. The molecule has 2 rings (SSSR count). The monoisotopic (exact) mass is 463 g/mol. The number of amides is 3. The highest BCUT2D eigenvalue weighted by Gasteiger charge is 2.27. The molecule has 1 aromatic carbocycles. The number of imide groups is 1. The van der Waals surface area contributed by atoms with Crippen LogP contribution >= 0.6 is 15.9 Å². The van der Waals surface area contributed by atoms with Crippen molar-refractivity contribution < 1.29 is 23.9 Å². The molecule has 0 bridgehead atoms. The number of halogens is 1. The van der Waals surface area contributed by atoms with Crippen LogP contribution in [-0.2, 0) is 21.4 Å². The Morgan fingerprint density at radius 1 is 1.07 bits per heavy atom. The molecule has 0 fully saturated rings. The summed E-state index contributed by atoms with van der Waals surface area (Å²) in [5.41, 5.74) is 0.669. The minimum Gasteiger partial charge on any atom is -0.454 e. The number of nitrogens with one attached hydrogen (secondary N) is 2. The molecular formula is C20H22BrN3O5. The maximum absolute atomic E-state index is 12.5. The second kappa shape index (κ2) is 10.0. The van der Waals surface area contributed by atoms with Crippen molar-refractivity contribution >= 4 is 39.6 Å². The van der Waals surface area contributed by atoms with E-state index < -0.39 is 36.3 Å². The van der Waals surface area contributed by atoms with Gasteiger partial charge in [0.2, 0.25) is 0 Å². The zero-order valence-electron chi connectivity index (χ0n) is 16.3. The van der Waals surface area contributed by atoms with Gasteiger partial charge in [-0.1, -0.05) is 26.0 Å². The average Bonchev–Trinajstić information content (AvgIpc) is 3.10. The SMILES string of the molecule is CC(C)C(NC(=O)c1ccccc1Br)C(=O)OCC(=O)NC(=O)c1cccn1C. The molecule has 8 nitrogen and oxygen atoms in total. The van der Waals surface area contributed by atoms with Crippen molar-refractivity contribution in [1.82, 2.24) is 15.2 Å². The Morgan fingerprint density at radius 3 is 2.34 bits per heavy atom. The second-order valence-corrected chi connectivity index (χ2v) is 7.52. The number of ether oxygens (including phenoxy) is 1. The maximum Gasteiger partial charge on any atom is 0.329 e. The van der Waals surface area contributed by atoms with Crippen LogP contribution in [0.4, 0.5) is 0 Å². The van der Waals surface area contributed by atoms with Crippen LogP contribution in [0.15, 0.2) is 47.1 Å². The van der Waals surface area contributed by atoms with Gasteiger partial charge in [0.25, 0.3) is 17.7 Å². The van der Waals surface area contributed by atoms with Crippen LogP contribution in [0.5, 0.6) is 0 Å². The first-order valence-electron chi connectivity index (χ1n) is 8.88. The summed E-state index contributed by atoms with van der Waals surface area (Å²) >= 11 is 3.29. The number of hydrogen-bond acceptors (Lipinski definition) is 5. The molecule has 154 valence electrons. The molecule has 1 atom stereocenters. The number of aromatic nitrogens is 1. The van der Waals surface area contributed by atoms with Crippen molar-refractivity contribution in [3.63, 3.8) is 0 Å². The zero-order chi connectivity index (χ0) is 21.6. The summed E-state index contributed by atoms with van der Waals surface area (Å²) < 4.78 is 7.15. The third kappa shape index (κ3) is 6.02. The second-order valence-electron chi connectivity index (χ2n) is 6.66. The van der Waals surface area contributed by atoms with Gasteiger partial charge in [0.05, 0.1) is 5.56 Å². The van der Waals surface area contributed by atoms with Crippen LogP contribution in [0.3, 0.4) is 0 Å². The van der Waals surface area contributed by atoms with Crippen molar-refractivity contribution in [2.45, 2.75) is 19.9 Å². The summed E-state index contributed by atoms with van der Waals surface area (Å²) in [5, 5.41) is 4.77.